The number of Topliss-reactive ketones (excluding diaryl/α,β-unsaturated/α-hetero) is 1. The molecule has 5 heteroatoms. The third-order valence-electron chi connectivity index (χ3n) is 10.2. The van der Waals surface area contributed by atoms with Crippen LogP contribution in [0.2, 0.25) is 0 Å². The zero-order chi connectivity index (χ0) is 21.8. The Morgan fingerprint density at radius 3 is 2.71 bits per heavy atom. The van der Waals surface area contributed by atoms with Crippen molar-refractivity contribution in [3.63, 3.8) is 0 Å². The van der Waals surface area contributed by atoms with E-state index in [0.29, 0.717) is 27.7 Å². The van der Waals surface area contributed by atoms with E-state index in [1.807, 2.05) is 0 Å². The molecule has 5 nitrogen and oxygen atoms in total. The van der Waals surface area contributed by atoms with E-state index < -0.39 is 0 Å². The van der Waals surface area contributed by atoms with E-state index in [1.54, 1.807) is 12.1 Å². The second kappa shape index (κ2) is 7.75. The first-order chi connectivity index (χ1) is 14.8. The highest BCUT2D eigenvalue weighted by Crippen LogP contribution is 2.67. The Balaban J connectivity index is 1.29. The SMILES string of the molecule is C[C@]12CC[C@@H](O)C[C@H]1CC[C@@H]1[C@@H]2CC[C@]2(C)[C@@H](C(=O)COc3ccc[n+]([O-])c3)CC[C@@H]12. The maximum atomic E-state index is 13.2. The molecule has 1 heterocycles. The highest BCUT2D eigenvalue weighted by atomic mass is 16.5. The van der Waals surface area contributed by atoms with Gasteiger partial charge in [0.15, 0.2) is 17.7 Å². The molecule has 0 saturated heterocycles. The van der Waals surface area contributed by atoms with Crippen LogP contribution in [0.5, 0.6) is 5.75 Å². The molecular weight excluding hydrogens is 390 g/mol. The van der Waals surface area contributed by atoms with Gasteiger partial charge in [-0.25, -0.2) is 0 Å². The van der Waals surface area contributed by atoms with Gasteiger partial charge in [-0.3, -0.25) is 4.79 Å². The number of fused-ring (bicyclic) bond motifs is 5. The number of aliphatic hydroxyl groups is 1. The van der Waals surface area contributed by atoms with Gasteiger partial charge in [0, 0.05) is 12.0 Å². The van der Waals surface area contributed by atoms with Crippen LogP contribution in [-0.4, -0.2) is 23.6 Å². The summed E-state index contributed by atoms with van der Waals surface area (Å²) in [6.07, 6.45) is 12.8. The molecule has 4 fully saturated rings. The van der Waals surface area contributed by atoms with Crippen LogP contribution in [0.3, 0.4) is 0 Å². The zero-order valence-corrected chi connectivity index (χ0v) is 19.0. The van der Waals surface area contributed by atoms with Crippen molar-refractivity contribution in [2.24, 2.45) is 40.4 Å². The van der Waals surface area contributed by atoms with Crippen LogP contribution in [0, 0.1) is 45.6 Å². The Kier molecular flexibility index (Phi) is 5.31. The summed E-state index contributed by atoms with van der Waals surface area (Å²) < 4.78 is 6.40. The minimum atomic E-state index is -0.0994. The van der Waals surface area contributed by atoms with Gasteiger partial charge in [0.2, 0.25) is 6.20 Å². The smallest absolute Gasteiger partial charge is 0.222 e. The second-order valence-electron chi connectivity index (χ2n) is 11.4. The predicted octanol–water partition coefficient (Wildman–Crippen LogP) is 4.29. The lowest BCUT2D eigenvalue weighted by Crippen LogP contribution is -2.54. The first-order valence-electron chi connectivity index (χ1n) is 12.3. The van der Waals surface area contributed by atoms with Crippen LogP contribution in [0.1, 0.15) is 71.6 Å². The first-order valence-corrected chi connectivity index (χ1v) is 12.3. The lowest BCUT2D eigenvalue weighted by atomic mass is 9.44. The second-order valence-corrected chi connectivity index (χ2v) is 11.4. The number of nitrogens with zero attached hydrogens (tertiary/aromatic N) is 1. The molecule has 8 atom stereocenters. The van der Waals surface area contributed by atoms with Crippen molar-refractivity contribution >= 4 is 5.78 Å². The van der Waals surface area contributed by atoms with E-state index >= 15 is 0 Å². The lowest BCUT2D eigenvalue weighted by Gasteiger charge is -2.60. The molecule has 1 aromatic rings. The summed E-state index contributed by atoms with van der Waals surface area (Å²) in [4.78, 5) is 13.2. The van der Waals surface area contributed by atoms with Crippen LogP contribution in [0.25, 0.3) is 0 Å². The molecule has 0 amide bonds. The van der Waals surface area contributed by atoms with Crippen molar-refractivity contribution < 1.29 is 19.4 Å². The molecule has 5 rings (SSSR count). The van der Waals surface area contributed by atoms with Gasteiger partial charge in [-0.15, -0.1) is 0 Å². The lowest BCUT2D eigenvalue weighted by molar-refractivity contribution is -0.605. The van der Waals surface area contributed by atoms with E-state index in [4.69, 9.17) is 4.74 Å². The van der Waals surface area contributed by atoms with Crippen molar-refractivity contribution in [3.8, 4) is 5.75 Å². The number of carbonyl (C=O) groups is 1. The van der Waals surface area contributed by atoms with Crippen LogP contribution >= 0.6 is 0 Å². The highest BCUT2D eigenvalue weighted by Gasteiger charge is 2.61. The van der Waals surface area contributed by atoms with E-state index in [1.165, 1.54) is 31.7 Å². The maximum absolute atomic E-state index is 13.2. The molecule has 0 radical (unpaired) electrons. The average Bonchev–Trinajstić information content (AvgIpc) is 3.10. The summed E-state index contributed by atoms with van der Waals surface area (Å²) >= 11 is 0. The standard InChI is InChI=1S/C26H37NO4/c1-25-11-9-18(28)14-17(25)5-6-20-21-7-8-23(26(21,2)12-10-22(20)25)24(29)16-31-19-4-3-13-27(30)15-19/h3-4,13,15,17-18,20-23,28H,5-12,14,16H2,1-2H3/t17-,18-,20+,21+,22+,23-,25+,26+/m1/s1. The van der Waals surface area contributed by atoms with Gasteiger partial charge in [-0.05, 0) is 98.4 Å². The molecule has 31 heavy (non-hydrogen) atoms. The molecule has 1 aromatic heterocycles. The van der Waals surface area contributed by atoms with Gasteiger partial charge < -0.3 is 15.1 Å². The monoisotopic (exact) mass is 427 g/mol. The van der Waals surface area contributed by atoms with E-state index in [0.717, 1.165) is 50.4 Å². The summed E-state index contributed by atoms with van der Waals surface area (Å²) in [6, 6.07) is 3.37. The van der Waals surface area contributed by atoms with Gasteiger partial charge in [-0.2, -0.15) is 4.73 Å². The van der Waals surface area contributed by atoms with Crippen molar-refractivity contribution in [3.05, 3.63) is 29.7 Å². The van der Waals surface area contributed by atoms with Crippen LogP contribution in [-0.2, 0) is 4.79 Å². The normalized spacial score (nSPS) is 44.1. The fourth-order valence-corrected chi connectivity index (χ4v) is 8.54. The summed E-state index contributed by atoms with van der Waals surface area (Å²) in [5, 5.41) is 21.7. The molecule has 4 saturated carbocycles. The molecule has 4 aliphatic carbocycles. The van der Waals surface area contributed by atoms with E-state index in [-0.39, 0.29) is 29.8 Å². The predicted molar refractivity (Wildman–Crippen MR) is 117 cm³/mol. The third-order valence-corrected chi connectivity index (χ3v) is 10.2. The Morgan fingerprint density at radius 1 is 1.13 bits per heavy atom. The number of aliphatic hydroxyl groups excluding tert-OH is 1. The number of hydrogen-bond acceptors (Lipinski definition) is 4. The van der Waals surface area contributed by atoms with Crippen molar-refractivity contribution in [1.29, 1.82) is 0 Å². The molecule has 4 aliphatic rings. The molecular formula is C26H37NO4. The van der Waals surface area contributed by atoms with E-state index in [9.17, 15) is 15.1 Å². The van der Waals surface area contributed by atoms with Crippen LogP contribution < -0.4 is 9.47 Å². The molecule has 0 unspecified atom stereocenters. The summed E-state index contributed by atoms with van der Waals surface area (Å²) in [7, 11) is 0. The van der Waals surface area contributed by atoms with Gasteiger partial charge in [0.25, 0.3) is 0 Å². The minimum absolute atomic E-state index is 0.0583. The molecule has 0 aliphatic heterocycles. The number of carbonyl (C=O) groups excluding carboxylic acids is 1. The Labute approximate surface area is 185 Å². The highest BCUT2D eigenvalue weighted by molar-refractivity contribution is 5.83. The average molecular weight is 428 g/mol. The number of hydrogen-bond donors (Lipinski definition) is 1. The molecule has 0 bridgehead atoms. The zero-order valence-electron chi connectivity index (χ0n) is 19.0. The van der Waals surface area contributed by atoms with Crippen LogP contribution in [0.4, 0.5) is 0 Å². The third kappa shape index (κ3) is 3.48. The fourth-order valence-electron chi connectivity index (χ4n) is 8.54. The summed E-state index contributed by atoms with van der Waals surface area (Å²) in [5.41, 5.74) is 0.448. The summed E-state index contributed by atoms with van der Waals surface area (Å²) in [6.45, 7) is 4.94. The van der Waals surface area contributed by atoms with Gasteiger partial charge in [0.1, 0.15) is 6.61 Å². The van der Waals surface area contributed by atoms with E-state index in [2.05, 4.69) is 13.8 Å². The first kappa shape index (κ1) is 21.2. The minimum Gasteiger partial charge on any atom is -0.619 e. The maximum Gasteiger partial charge on any atom is 0.222 e. The quantitative estimate of drug-likeness (QED) is 0.575. The fraction of sp³-hybridized carbons (Fsp3) is 0.769. The Bertz CT molecular complexity index is 842. The number of ether oxygens (including phenoxy) is 1. The Morgan fingerprint density at radius 2 is 1.90 bits per heavy atom. The van der Waals surface area contributed by atoms with Crippen molar-refractivity contribution in [2.75, 3.05) is 6.61 Å². The number of ketones is 1. The molecule has 170 valence electrons. The van der Waals surface area contributed by atoms with Gasteiger partial charge in [-0.1, -0.05) is 13.8 Å². The molecule has 1 N–H and O–H groups in total. The summed E-state index contributed by atoms with van der Waals surface area (Å²) in [5.74, 6) is 3.50. The Hall–Kier alpha value is -1.62. The number of aromatic nitrogens is 1. The molecule has 0 spiro atoms. The number of rotatable bonds is 4. The van der Waals surface area contributed by atoms with Crippen molar-refractivity contribution in [1.82, 2.24) is 0 Å². The number of pyridine rings is 1. The van der Waals surface area contributed by atoms with Gasteiger partial charge in [0.05, 0.1) is 6.10 Å². The van der Waals surface area contributed by atoms with Gasteiger partial charge >= 0.3 is 0 Å². The van der Waals surface area contributed by atoms with Crippen molar-refractivity contribution in [2.45, 2.75) is 77.7 Å². The van der Waals surface area contributed by atoms with Crippen LogP contribution in [0.15, 0.2) is 24.5 Å². The largest absolute Gasteiger partial charge is 0.619 e. The molecule has 0 aromatic carbocycles. The topological polar surface area (TPSA) is 73.5 Å².